The second kappa shape index (κ2) is 4.60. The second-order valence-corrected chi connectivity index (χ2v) is 6.19. The fourth-order valence-electron chi connectivity index (χ4n) is 1.10. The van der Waals surface area contributed by atoms with Gasteiger partial charge in [0.25, 0.3) is 10.2 Å². The Morgan fingerprint density at radius 2 is 2.00 bits per heavy atom. The van der Waals surface area contributed by atoms with Crippen molar-refractivity contribution in [3.63, 3.8) is 0 Å². The molecule has 4 N–H and O–H groups in total. The molecule has 0 radical (unpaired) electrons. The molecule has 0 aliphatic rings. The average molecular weight is 283 g/mol. The Hall–Kier alpha value is -1.17. The SMILES string of the molecule is CCNS(=O)(=O)Nc1nn(C)cc1S(N)(=O)=O. The highest BCUT2D eigenvalue weighted by molar-refractivity contribution is 7.91. The van der Waals surface area contributed by atoms with Crippen molar-refractivity contribution >= 4 is 26.1 Å². The molecule has 1 aromatic rings. The van der Waals surface area contributed by atoms with Crippen LogP contribution in [-0.4, -0.2) is 33.2 Å². The summed E-state index contributed by atoms with van der Waals surface area (Å²) in [5.74, 6) is -0.337. The van der Waals surface area contributed by atoms with Gasteiger partial charge in [-0.25, -0.2) is 13.6 Å². The lowest BCUT2D eigenvalue weighted by atomic mass is 10.7. The van der Waals surface area contributed by atoms with E-state index in [0.717, 1.165) is 10.9 Å². The van der Waals surface area contributed by atoms with E-state index in [9.17, 15) is 16.8 Å². The molecule has 1 rings (SSSR count). The van der Waals surface area contributed by atoms with Crippen molar-refractivity contribution in [2.24, 2.45) is 12.2 Å². The molecule has 0 saturated carbocycles. The molecule has 0 spiro atoms. The van der Waals surface area contributed by atoms with Crippen molar-refractivity contribution < 1.29 is 16.8 Å². The Bertz CT molecular complexity index is 602. The smallest absolute Gasteiger partial charge is 0.272 e. The van der Waals surface area contributed by atoms with E-state index >= 15 is 0 Å². The first-order valence-electron chi connectivity index (χ1n) is 4.49. The summed E-state index contributed by atoms with van der Waals surface area (Å²) in [7, 11) is -6.44. The monoisotopic (exact) mass is 283 g/mol. The molecule has 0 atom stereocenters. The summed E-state index contributed by atoms with van der Waals surface area (Å²) < 4.78 is 50.4. The molecule has 0 amide bonds. The lowest BCUT2D eigenvalue weighted by Crippen LogP contribution is -2.30. The number of nitrogens with one attached hydrogen (secondary N) is 2. The molecule has 0 aliphatic carbocycles. The van der Waals surface area contributed by atoms with E-state index in [1.807, 2.05) is 4.72 Å². The van der Waals surface area contributed by atoms with Crippen molar-refractivity contribution in [2.75, 3.05) is 11.3 Å². The van der Waals surface area contributed by atoms with Crippen LogP contribution in [0.2, 0.25) is 0 Å². The van der Waals surface area contributed by atoms with Crippen molar-refractivity contribution in [3.05, 3.63) is 6.20 Å². The second-order valence-electron chi connectivity index (χ2n) is 3.16. The van der Waals surface area contributed by atoms with Gasteiger partial charge in [-0.05, 0) is 0 Å². The number of hydrogen-bond donors (Lipinski definition) is 3. The topological polar surface area (TPSA) is 136 Å². The molecule has 0 bridgehead atoms. The molecule has 0 fully saturated rings. The maximum absolute atomic E-state index is 11.4. The van der Waals surface area contributed by atoms with E-state index in [1.165, 1.54) is 7.05 Å². The van der Waals surface area contributed by atoms with Crippen LogP contribution in [0, 0.1) is 0 Å². The van der Waals surface area contributed by atoms with E-state index in [-0.39, 0.29) is 17.3 Å². The first-order valence-corrected chi connectivity index (χ1v) is 7.52. The zero-order valence-corrected chi connectivity index (χ0v) is 10.8. The van der Waals surface area contributed by atoms with Gasteiger partial charge in [-0.15, -0.1) is 0 Å². The van der Waals surface area contributed by atoms with E-state index in [1.54, 1.807) is 6.92 Å². The molecule has 1 aromatic heterocycles. The normalized spacial score (nSPS) is 12.6. The van der Waals surface area contributed by atoms with Crippen molar-refractivity contribution in [3.8, 4) is 0 Å². The largest absolute Gasteiger partial charge is 0.300 e. The van der Waals surface area contributed by atoms with Crippen LogP contribution >= 0.6 is 0 Å². The number of hydrogen-bond acceptors (Lipinski definition) is 5. The van der Waals surface area contributed by atoms with Crippen LogP contribution in [0.1, 0.15) is 6.92 Å². The van der Waals surface area contributed by atoms with Gasteiger partial charge < -0.3 is 0 Å². The minimum Gasteiger partial charge on any atom is -0.272 e. The van der Waals surface area contributed by atoms with Gasteiger partial charge in [-0.1, -0.05) is 6.92 Å². The summed E-state index contributed by atoms with van der Waals surface area (Å²) >= 11 is 0. The molecule has 1 heterocycles. The van der Waals surface area contributed by atoms with Crippen LogP contribution < -0.4 is 14.6 Å². The van der Waals surface area contributed by atoms with Gasteiger partial charge >= 0.3 is 0 Å². The highest BCUT2D eigenvalue weighted by Crippen LogP contribution is 2.17. The lowest BCUT2D eigenvalue weighted by Gasteiger charge is -2.06. The number of anilines is 1. The molecule has 11 heteroatoms. The Morgan fingerprint density at radius 3 is 2.47 bits per heavy atom. The third kappa shape index (κ3) is 3.66. The van der Waals surface area contributed by atoms with Crippen LogP contribution in [0.3, 0.4) is 0 Å². The van der Waals surface area contributed by atoms with E-state index in [0.29, 0.717) is 0 Å². The molecule has 0 aliphatic heterocycles. The standard InChI is InChI=1S/C6H13N5O4S2/c1-3-8-17(14,15)10-6-5(16(7,12)13)4-11(2)9-6/h4,8H,3H2,1-2H3,(H,9,10)(H2,7,12,13). The average Bonchev–Trinajstić information content (AvgIpc) is 2.44. The fraction of sp³-hybridized carbons (Fsp3) is 0.500. The third-order valence-electron chi connectivity index (χ3n) is 1.67. The lowest BCUT2D eigenvalue weighted by molar-refractivity contribution is 0.589. The number of aryl methyl sites for hydroxylation is 1. The zero-order chi connectivity index (χ0) is 13.3. The minimum absolute atomic E-state index is 0.160. The van der Waals surface area contributed by atoms with Gasteiger partial charge in [-0.3, -0.25) is 9.40 Å². The van der Waals surface area contributed by atoms with Gasteiger partial charge in [0.2, 0.25) is 10.0 Å². The quantitative estimate of drug-likeness (QED) is 0.593. The summed E-state index contributed by atoms with van der Waals surface area (Å²) in [6.07, 6.45) is 1.11. The molecule has 0 aromatic carbocycles. The van der Waals surface area contributed by atoms with Crippen LogP contribution in [0.4, 0.5) is 5.82 Å². The Labute approximate surface area is 99.2 Å². The maximum Gasteiger partial charge on any atom is 0.300 e. The van der Waals surface area contributed by atoms with Gasteiger partial charge in [-0.2, -0.15) is 18.2 Å². The molecule has 9 nitrogen and oxygen atoms in total. The zero-order valence-electron chi connectivity index (χ0n) is 9.21. The number of nitrogens with two attached hydrogens (primary N) is 1. The summed E-state index contributed by atoms with van der Waals surface area (Å²) in [6.45, 7) is 1.74. The van der Waals surface area contributed by atoms with Crippen molar-refractivity contribution in [2.45, 2.75) is 11.8 Å². The number of sulfonamides is 1. The number of rotatable bonds is 5. The van der Waals surface area contributed by atoms with Gasteiger partial charge in [0.05, 0.1) is 0 Å². The molecule has 17 heavy (non-hydrogen) atoms. The molecule has 0 saturated heterocycles. The van der Waals surface area contributed by atoms with Crippen LogP contribution in [-0.2, 0) is 27.3 Å². The van der Waals surface area contributed by atoms with Crippen molar-refractivity contribution in [1.29, 1.82) is 0 Å². The van der Waals surface area contributed by atoms with Crippen molar-refractivity contribution in [1.82, 2.24) is 14.5 Å². The maximum atomic E-state index is 11.4. The first-order chi connectivity index (χ1) is 7.65. The summed E-state index contributed by atoms with van der Waals surface area (Å²) in [6, 6.07) is 0. The Morgan fingerprint density at radius 1 is 1.41 bits per heavy atom. The van der Waals surface area contributed by atoms with Crippen LogP contribution in [0.15, 0.2) is 11.1 Å². The van der Waals surface area contributed by atoms with E-state index < -0.39 is 20.2 Å². The highest BCUT2D eigenvalue weighted by Gasteiger charge is 2.21. The molecule has 98 valence electrons. The molecule has 0 unspecified atom stereocenters. The Balaban J connectivity index is 3.17. The summed E-state index contributed by atoms with van der Waals surface area (Å²) in [5, 5.41) is 8.60. The molecular weight excluding hydrogens is 270 g/mol. The fourth-order valence-corrected chi connectivity index (χ4v) is 2.68. The summed E-state index contributed by atoms with van der Waals surface area (Å²) in [4.78, 5) is -0.388. The van der Waals surface area contributed by atoms with Gasteiger partial charge in [0.15, 0.2) is 5.82 Å². The number of aromatic nitrogens is 2. The number of nitrogens with zero attached hydrogens (tertiary/aromatic N) is 2. The summed E-state index contributed by atoms with van der Waals surface area (Å²) in [5.41, 5.74) is 0. The van der Waals surface area contributed by atoms with Gasteiger partial charge in [0, 0.05) is 19.8 Å². The minimum atomic E-state index is -4.04. The number of primary sulfonamides is 1. The molecular formula is C6H13N5O4S2. The van der Waals surface area contributed by atoms with E-state index in [2.05, 4.69) is 9.82 Å². The highest BCUT2D eigenvalue weighted by atomic mass is 32.2. The van der Waals surface area contributed by atoms with Gasteiger partial charge in [0.1, 0.15) is 4.90 Å². The predicted octanol–water partition coefficient (Wildman–Crippen LogP) is -1.67. The third-order valence-corrected chi connectivity index (χ3v) is 3.71. The Kier molecular flexibility index (Phi) is 3.76. The first kappa shape index (κ1) is 13.9. The van der Waals surface area contributed by atoms with Crippen LogP contribution in [0.5, 0.6) is 0 Å². The van der Waals surface area contributed by atoms with Crippen LogP contribution in [0.25, 0.3) is 0 Å². The predicted molar refractivity (Wildman–Crippen MR) is 60.8 cm³/mol. The van der Waals surface area contributed by atoms with E-state index in [4.69, 9.17) is 5.14 Å².